The highest BCUT2D eigenvalue weighted by atomic mass is 35.5. The molecule has 36 heavy (non-hydrogen) atoms. The first-order chi connectivity index (χ1) is 17.0. The van der Waals surface area contributed by atoms with Gasteiger partial charge < -0.3 is 14.7 Å². The minimum absolute atomic E-state index is 0.0124. The average molecular weight is 531 g/mol. The molecule has 3 aromatic heterocycles. The first kappa shape index (κ1) is 25.8. The molecule has 1 fully saturated rings. The van der Waals surface area contributed by atoms with E-state index in [1.807, 2.05) is 44.7 Å². The van der Waals surface area contributed by atoms with Crippen LogP contribution in [0.25, 0.3) is 16.7 Å². The van der Waals surface area contributed by atoms with Crippen molar-refractivity contribution in [3.63, 3.8) is 0 Å². The van der Waals surface area contributed by atoms with E-state index in [-0.39, 0.29) is 28.0 Å². The predicted molar refractivity (Wildman–Crippen MR) is 143 cm³/mol. The Labute approximate surface area is 219 Å². The summed E-state index contributed by atoms with van der Waals surface area (Å²) in [7, 11) is 3.68. The van der Waals surface area contributed by atoms with Gasteiger partial charge in [-0.05, 0) is 25.0 Å². The molecule has 4 rings (SSSR count). The fourth-order valence-corrected chi connectivity index (χ4v) is 4.74. The third-order valence-electron chi connectivity index (χ3n) is 6.17. The van der Waals surface area contributed by atoms with Gasteiger partial charge in [-0.25, -0.2) is 24.3 Å². The van der Waals surface area contributed by atoms with Gasteiger partial charge in [0.2, 0.25) is 5.91 Å². The number of carbonyl (C=O) groups excluding carboxylic acids is 1. The van der Waals surface area contributed by atoms with Gasteiger partial charge in [-0.1, -0.05) is 43.6 Å². The lowest BCUT2D eigenvalue weighted by Crippen LogP contribution is -2.54. The molecular formula is C24H28Cl2N8O2. The maximum Gasteiger partial charge on any atom is 0.356 e. The summed E-state index contributed by atoms with van der Waals surface area (Å²) in [6.07, 6.45) is 2.78. The number of aromatic nitrogens is 5. The van der Waals surface area contributed by atoms with E-state index >= 15 is 0 Å². The van der Waals surface area contributed by atoms with Crippen LogP contribution in [0.4, 0.5) is 11.6 Å². The second-order valence-electron chi connectivity index (χ2n) is 9.20. The molecule has 10 nitrogen and oxygen atoms in total. The topological polar surface area (TPSA) is 100 Å². The van der Waals surface area contributed by atoms with Crippen LogP contribution in [0.2, 0.25) is 10.2 Å². The Kier molecular flexibility index (Phi) is 7.19. The molecule has 0 aromatic carbocycles. The number of anilines is 2. The van der Waals surface area contributed by atoms with Crippen LogP contribution in [-0.4, -0.2) is 75.1 Å². The van der Waals surface area contributed by atoms with Gasteiger partial charge in [0.15, 0.2) is 11.5 Å². The van der Waals surface area contributed by atoms with Crippen LogP contribution in [0.1, 0.15) is 32.4 Å². The van der Waals surface area contributed by atoms with Crippen molar-refractivity contribution in [1.82, 2.24) is 29.4 Å². The predicted octanol–water partition coefficient (Wildman–Crippen LogP) is 3.29. The van der Waals surface area contributed by atoms with Gasteiger partial charge in [0.05, 0.1) is 16.1 Å². The molecule has 1 aliphatic heterocycles. The maximum atomic E-state index is 13.7. The molecule has 0 radical (unpaired) electrons. The highest BCUT2D eigenvalue weighted by Crippen LogP contribution is 2.34. The summed E-state index contributed by atoms with van der Waals surface area (Å²) < 4.78 is 1.41. The lowest BCUT2D eigenvalue weighted by atomic mass is 10.1. The van der Waals surface area contributed by atoms with Crippen molar-refractivity contribution in [1.29, 1.82) is 0 Å². The molecule has 0 spiro atoms. The SMILES string of the molecule is C=CC(=O)N1CCN(c2nc(=O)n(-c3c(C(C)C)ncnc3N(C)C)c3nc(Cl)c(Cl)cc23)[C@@H](C)C1. The number of rotatable bonds is 5. The first-order valence-electron chi connectivity index (χ1n) is 11.5. The quantitative estimate of drug-likeness (QED) is 0.365. The summed E-state index contributed by atoms with van der Waals surface area (Å²) in [6.45, 7) is 10.9. The smallest absolute Gasteiger partial charge is 0.356 e. The van der Waals surface area contributed by atoms with Crippen LogP contribution in [0, 0.1) is 0 Å². The number of pyridine rings is 1. The standard InChI is InChI=1S/C24H28Cl2N8O2/c1-7-17(35)32-8-9-33(14(4)11-32)21-15-10-16(25)20(26)29-22(15)34(24(36)30-21)19-18(13(2)3)27-12-28-23(19)31(5)6/h7,10,12-14H,1,8-9,11H2,2-6H3/t14-/m0/s1. The Morgan fingerprint density at radius 2 is 1.94 bits per heavy atom. The number of amides is 1. The Balaban J connectivity index is 2.00. The minimum atomic E-state index is -0.542. The summed E-state index contributed by atoms with van der Waals surface area (Å²) >= 11 is 12.7. The fourth-order valence-electron chi connectivity index (χ4n) is 4.45. The van der Waals surface area contributed by atoms with E-state index in [1.165, 1.54) is 17.0 Å². The van der Waals surface area contributed by atoms with Crippen molar-refractivity contribution < 1.29 is 4.79 Å². The molecule has 0 saturated carbocycles. The van der Waals surface area contributed by atoms with Gasteiger partial charge in [0.1, 0.15) is 23.0 Å². The van der Waals surface area contributed by atoms with E-state index in [2.05, 4.69) is 26.5 Å². The third kappa shape index (κ3) is 4.51. The Morgan fingerprint density at radius 1 is 1.22 bits per heavy atom. The lowest BCUT2D eigenvalue weighted by Gasteiger charge is -2.40. The van der Waals surface area contributed by atoms with Crippen LogP contribution in [0.5, 0.6) is 0 Å². The third-order valence-corrected chi connectivity index (χ3v) is 6.84. The summed E-state index contributed by atoms with van der Waals surface area (Å²) in [4.78, 5) is 49.3. The van der Waals surface area contributed by atoms with Crippen LogP contribution in [0.15, 0.2) is 29.8 Å². The molecule has 190 valence electrons. The Hall–Kier alpha value is -3.24. The molecule has 0 N–H and O–H groups in total. The van der Waals surface area contributed by atoms with E-state index in [1.54, 1.807) is 11.0 Å². The number of hydrogen-bond acceptors (Lipinski definition) is 8. The molecule has 1 amide bonds. The van der Waals surface area contributed by atoms with E-state index < -0.39 is 5.69 Å². The Morgan fingerprint density at radius 3 is 2.56 bits per heavy atom. The summed E-state index contributed by atoms with van der Waals surface area (Å²) in [5, 5.41) is 0.868. The molecule has 0 bridgehead atoms. The van der Waals surface area contributed by atoms with Crippen molar-refractivity contribution >= 4 is 51.8 Å². The zero-order chi connectivity index (χ0) is 26.3. The fraction of sp³-hybridized carbons (Fsp3) is 0.417. The molecular weight excluding hydrogens is 503 g/mol. The monoisotopic (exact) mass is 530 g/mol. The van der Waals surface area contributed by atoms with Crippen molar-refractivity contribution in [3.05, 3.63) is 51.4 Å². The number of halogens is 2. The van der Waals surface area contributed by atoms with Crippen molar-refractivity contribution in [2.45, 2.75) is 32.7 Å². The molecule has 0 unspecified atom stereocenters. The maximum absolute atomic E-state index is 13.7. The van der Waals surface area contributed by atoms with Gasteiger partial charge in [0, 0.05) is 39.8 Å². The van der Waals surface area contributed by atoms with E-state index in [4.69, 9.17) is 23.2 Å². The molecule has 4 heterocycles. The van der Waals surface area contributed by atoms with E-state index in [0.717, 1.165) is 0 Å². The number of fused-ring (bicyclic) bond motifs is 1. The second kappa shape index (κ2) is 10.0. The second-order valence-corrected chi connectivity index (χ2v) is 9.96. The largest absolute Gasteiger partial charge is 0.361 e. The van der Waals surface area contributed by atoms with Crippen LogP contribution < -0.4 is 15.5 Å². The molecule has 0 aliphatic carbocycles. The van der Waals surface area contributed by atoms with Gasteiger partial charge in [0.25, 0.3) is 0 Å². The minimum Gasteiger partial charge on any atom is -0.361 e. The van der Waals surface area contributed by atoms with Gasteiger partial charge >= 0.3 is 5.69 Å². The summed E-state index contributed by atoms with van der Waals surface area (Å²) in [5.41, 5.74) is 0.923. The van der Waals surface area contributed by atoms with Crippen molar-refractivity contribution in [2.75, 3.05) is 43.5 Å². The van der Waals surface area contributed by atoms with E-state index in [9.17, 15) is 9.59 Å². The van der Waals surface area contributed by atoms with Gasteiger partial charge in [-0.2, -0.15) is 4.98 Å². The van der Waals surface area contributed by atoms with E-state index in [0.29, 0.717) is 53.7 Å². The molecule has 1 saturated heterocycles. The number of piperazine rings is 1. The molecule has 1 aliphatic rings. The number of nitrogens with zero attached hydrogens (tertiary/aromatic N) is 8. The van der Waals surface area contributed by atoms with Crippen LogP contribution in [0.3, 0.4) is 0 Å². The number of carbonyl (C=O) groups is 1. The van der Waals surface area contributed by atoms with Crippen molar-refractivity contribution in [3.8, 4) is 5.69 Å². The average Bonchev–Trinajstić information content (AvgIpc) is 2.83. The van der Waals surface area contributed by atoms with Crippen LogP contribution in [-0.2, 0) is 4.79 Å². The number of hydrogen-bond donors (Lipinski definition) is 0. The normalized spacial score (nSPS) is 16.1. The molecule has 3 aromatic rings. The first-order valence-corrected chi connectivity index (χ1v) is 12.3. The highest BCUT2D eigenvalue weighted by molar-refractivity contribution is 6.41. The van der Waals surface area contributed by atoms with Crippen LogP contribution >= 0.6 is 23.2 Å². The van der Waals surface area contributed by atoms with Gasteiger partial charge in [-0.3, -0.25) is 4.79 Å². The van der Waals surface area contributed by atoms with Gasteiger partial charge in [-0.15, -0.1) is 0 Å². The Bertz CT molecular complexity index is 1380. The van der Waals surface area contributed by atoms with Crippen molar-refractivity contribution in [2.24, 2.45) is 0 Å². The molecule has 12 heteroatoms. The zero-order valence-electron chi connectivity index (χ0n) is 20.9. The molecule has 1 atom stereocenters. The summed E-state index contributed by atoms with van der Waals surface area (Å²) in [5.74, 6) is 0.837. The lowest BCUT2D eigenvalue weighted by molar-refractivity contribution is -0.126. The zero-order valence-corrected chi connectivity index (χ0v) is 22.4. The summed E-state index contributed by atoms with van der Waals surface area (Å²) in [6, 6.07) is 1.55. The highest BCUT2D eigenvalue weighted by Gasteiger charge is 2.30.